The predicted molar refractivity (Wildman–Crippen MR) is 118 cm³/mol. The number of carbonyl (C=O) groups is 1. The van der Waals surface area contributed by atoms with E-state index in [9.17, 15) is 13.2 Å². The van der Waals surface area contributed by atoms with Crippen molar-refractivity contribution in [2.75, 3.05) is 20.2 Å². The summed E-state index contributed by atoms with van der Waals surface area (Å²) < 4.78 is 33.9. The van der Waals surface area contributed by atoms with Crippen molar-refractivity contribution in [3.63, 3.8) is 0 Å². The van der Waals surface area contributed by atoms with Gasteiger partial charge in [0, 0.05) is 25.6 Å². The molecule has 1 amide bonds. The van der Waals surface area contributed by atoms with E-state index in [4.69, 9.17) is 4.74 Å². The predicted octanol–water partition coefficient (Wildman–Crippen LogP) is 1.99. The molecule has 0 saturated carbocycles. The van der Waals surface area contributed by atoms with E-state index < -0.39 is 10.0 Å². The fraction of sp³-hybridized carbons (Fsp3) is 0.318. The van der Waals surface area contributed by atoms with Crippen LogP contribution in [0.3, 0.4) is 0 Å². The summed E-state index contributed by atoms with van der Waals surface area (Å²) >= 11 is 0. The summed E-state index contributed by atoms with van der Waals surface area (Å²) in [5, 5.41) is 7.05. The number of nitrogens with zero attached hydrogens (tertiary/aromatic N) is 4. The summed E-state index contributed by atoms with van der Waals surface area (Å²) in [6, 6.07) is 14.0. The summed E-state index contributed by atoms with van der Waals surface area (Å²) in [5.41, 5.74) is 1.87. The summed E-state index contributed by atoms with van der Waals surface area (Å²) in [4.78, 5) is 16.8. The third kappa shape index (κ3) is 4.81. The van der Waals surface area contributed by atoms with Gasteiger partial charge in [-0.2, -0.15) is 9.40 Å². The zero-order chi connectivity index (χ0) is 22.6. The van der Waals surface area contributed by atoms with Gasteiger partial charge in [-0.3, -0.25) is 4.79 Å². The summed E-state index contributed by atoms with van der Waals surface area (Å²) in [6.45, 7) is 1.05. The molecule has 1 aromatic heterocycles. The van der Waals surface area contributed by atoms with Crippen LogP contribution in [0, 0.1) is 5.92 Å². The molecule has 0 bridgehead atoms. The van der Waals surface area contributed by atoms with E-state index in [1.807, 2.05) is 24.3 Å². The average Bonchev–Trinajstić information content (AvgIpc) is 3.38. The maximum Gasteiger partial charge on any atom is 0.243 e. The third-order valence-electron chi connectivity index (χ3n) is 5.61. The van der Waals surface area contributed by atoms with Crippen LogP contribution in [0.15, 0.2) is 66.1 Å². The molecule has 4 rings (SSSR count). The van der Waals surface area contributed by atoms with E-state index in [0.717, 1.165) is 11.3 Å². The van der Waals surface area contributed by atoms with Crippen molar-refractivity contribution in [1.29, 1.82) is 0 Å². The van der Waals surface area contributed by atoms with Gasteiger partial charge in [-0.1, -0.05) is 12.1 Å². The molecule has 2 aromatic carbocycles. The van der Waals surface area contributed by atoms with Gasteiger partial charge in [-0.05, 0) is 54.8 Å². The molecular weight excluding hydrogens is 430 g/mol. The fourth-order valence-corrected chi connectivity index (χ4v) is 5.17. The van der Waals surface area contributed by atoms with Crippen molar-refractivity contribution in [2.24, 2.45) is 5.92 Å². The lowest BCUT2D eigenvalue weighted by Gasteiger charge is -2.30. The van der Waals surface area contributed by atoms with Gasteiger partial charge in [0.1, 0.15) is 18.4 Å². The van der Waals surface area contributed by atoms with Gasteiger partial charge >= 0.3 is 0 Å². The SMILES string of the molecule is COc1ccc(S(=O)(=O)N2CCC(C(=O)NCc3ccc(-n4cncn4)cc3)CC2)cc1. The zero-order valence-electron chi connectivity index (χ0n) is 17.7. The van der Waals surface area contributed by atoms with Crippen LogP contribution >= 0.6 is 0 Å². The summed E-state index contributed by atoms with van der Waals surface area (Å²) in [7, 11) is -2.04. The van der Waals surface area contributed by atoms with Gasteiger partial charge in [-0.15, -0.1) is 0 Å². The molecule has 0 aliphatic carbocycles. The van der Waals surface area contributed by atoms with Crippen LogP contribution in [-0.2, 0) is 21.4 Å². The number of ether oxygens (including phenoxy) is 1. The van der Waals surface area contributed by atoms with Crippen LogP contribution in [0.4, 0.5) is 0 Å². The molecule has 3 aromatic rings. The Bertz CT molecular complexity index is 1140. The average molecular weight is 456 g/mol. The van der Waals surface area contributed by atoms with Gasteiger partial charge < -0.3 is 10.1 Å². The lowest BCUT2D eigenvalue weighted by Crippen LogP contribution is -2.42. The minimum Gasteiger partial charge on any atom is -0.497 e. The van der Waals surface area contributed by atoms with E-state index in [2.05, 4.69) is 15.4 Å². The third-order valence-corrected chi connectivity index (χ3v) is 7.52. The van der Waals surface area contributed by atoms with Crippen molar-refractivity contribution < 1.29 is 17.9 Å². The first-order valence-electron chi connectivity index (χ1n) is 10.3. The molecule has 0 atom stereocenters. The van der Waals surface area contributed by atoms with Gasteiger partial charge in [0.25, 0.3) is 0 Å². The standard InChI is InChI=1S/C22H25N5O4S/c1-31-20-6-8-21(9-7-20)32(29,30)26-12-10-18(11-13-26)22(28)24-14-17-2-4-19(5-3-17)27-16-23-15-25-27/h2-9,15-16,18H,10-14H2,1H3,(H,24,28). The molecule has 0 unspecified atom stereocenters. The van der Waals surface area contributed by atoms with Crippen molar-refractivity contribution in [3.05, 3.63) is 66.7 Å². The Morgan fingerprint density at radius 3 is 2.38 bits per heavy atom. The number of sulfonamides is 1. The van der Waals surface area contributed by atoms with Crippen LogP contribution < -0.4 is 10.1 Å². The van der Waals surface area contributed by atoms with E-state index in [1.165, 1.54) is 17.7 Å². The highest BCUT2D eigenvalue weighted by Gasteiger charge is 2.32. The van der Waals surface area contributed by atoms with Crippen LogP contribution in [-0.4, -0.2) is 53.6 Å². The number of carbonyl (C=O) groups excluding carboxylic acids is 1. The summed E-state index contributed by atoms with van der Waals surface area (Å²) in [6.07, 6.45) is 4.08. The largest absolute Gasteiger partial charge is 0.497 e. The second kappa shape index (κ2) is 9.49. The monoisotopic (exact) mass is 455 g/mol. The molecule has 1 aliphatic rings. The van der Waals surface area contributed by atoms with E-state index in [1.54, 1.807) is 35.3 Å². The van der Waals surface area contributed by atoms with E-state index in [-0.39, 0.29) is 16.7 Å². The first-order chi connectivity index (χ1) is 15.5. The first kappa shape index (κ1) is 22.0. The van der Waals surface area contributed by atoms with E-state index >= 15 is 0 Å². The maximum absolute atomic E-state index is 12.9. The number of methoxy groups -OCH3 is 1. The molecule has 32 heavy (non-hydrogen) atoms. The van der Waals surface area contributed by atoms with Gasteiger partial charge in [0.05, 0.1) is 17.7 Å². The quantitative estimate of drug-likeness (QED) is 0.584. The highest BCUT2D eigenvalue weighted by atomic mass is 32.2. The molecule has 1 aliphatic heterocycles. The second-order valence-corrected chi connectivity index (χ2v) is 9.52. The number of hydrogen-bond acceptors (Lipinski definition) is 6. The molecule has 2 heterocycles. The number of rotatable bonds is 7. The Labute approximate surface area is 187 Å². The minimum atomic E-state index is -3.58. The molecule has 10 heteroatoms. The lowest BCUT2D eigenvalue weighted by molar-refractivity contribution is -0.126. The topological polar surface area (TPSA) is 106 Å². The lowest BCUT2D eigenvalue weighted by atomic mass is 9.97. The molecule has 168 valence electrons. The fourth-order valence-electron chi connectivity index (χ4n) is 3.70. The molecule has 1 saturated heterocycles. The number of hydrogen-bond donors (Lipinski definition) is 1. The number of amides is 1. The molecule has 1 N–H and O–H groups in total. The molecule has 1 fully saturated rings. The molecular formula is C22H25N5O4S. The van der Waals surface area contributed by atoms with Gasteiger partial charge in [0.15, 0.2) is 0 Å². The maximum atomic E-state index is 12.9. The Kier molecular flexibility index (Phi) is 6.52. The van der Waals surface area contributed by atoms with Crippen molar-refractivity contribution in [3.8, 4) is 11.4 Å². The molecule has 0 radical (unpaired) electrons. The van der Waals surface area contributed by atoms with Crippen LogP contribution in [0.5, 0.6) is 5.75 Å². The Balaban J connectivity index is 1.28. The summed E-state index contributed by atoms with van der Waals surface area (Å²) in [5.74, 6) is 0.353. The van der Waals surface area contributed by atoms with Crippen molar-refractivity contribution in [1.82, 2.24) is 24.4 Å². The van der Waals surface area contributed by atoms with Crippen molar-refractivity contribution in [2.45, 2.75) is 24.3 Å². The van der Waals surface area contributed by atoms with Crippen molar-refractivity contribution >= 4 is 15.9 Å². The zero-order valence-corrected chi connectivity index (χ0v) is 18.5. The second-order valence-electron chi connectivity index (χ2n) is 7.58. The van der Waals surface area contributed by atoms with Crippen LogP contribution in [0.1, 0.15) is 18.4 Å². The van der Waals surface area contributed by atoms with Gasteiger partial charge in [0.2, 0.25) is 15.9 Å². The number of aromatic nitrogens is 3. The number of piperidine rings is 1. The number of nitrogens with one attached hydrogen (secondary N) is 1. The molecule has 0 spiro atoms. The Morgan fingerprint density at radius 2 is 1.78 bits per heavy atom. The number of benzene rings is 2. The highest BCUT2D eigenvalue weighted by Crippen LogP contribution is 2.25. The molecule has 9 nitrogen and oxygen atoms in total. The Morgan fingerprint density at radius 1 is 1.09 bits per heavy atom. The smallest absolute Gasteiger partial charge is 0.243 e. The van der Waals surface area contributed by atoms with Gasteiger partial charge in [-0.25, -0.2) is 18.1 Å². The normalized spacial score (nSPS) is 15.4. The van der Waals surface area contributed by atoms with Crippen LogP contribution in [0.2, 0.25) is 0 Å². The highest BCUT2D eigenvalue weighted by molar-refractivity contribution is 7.89. The van der Waals surface area contributed by atoms with Crippen LogP contribution in [0.25, 0.3) is 5.69 Å². The Hall–Kier alpha value is -3.24. The minimum absolute atomic E-state index is 0.0492. The van der Waals surface area contributed by atoms with E-state index in [0.29, 0.717) is 38.2 Å². The first-order valence-corrected chi connectivity index (χ1v) is 11.8.